The van der Waals surface area contributed by atoms with Crippen LogP contribution in [0.4, 0.5) is 0 Å². The van der Waals surface area contributed by atoms with Crippen LogP contribution in [0.25, 0.3) is 10.2 Å². The van der Waals surface area contributed by atoms with E-state index < -0.39 is 0 Å². The summed E-state index contributed by atoms with van der Waals surface area (Å²) in [6.45, 7) is 4.05. The smallest absolute Gasteiger partial charge is 0.270 e. The number of nitrogens with zero attached hydrogens (tertiary/aromatic N) is 2. The van der Waals surface area contributed by atoms with Gasteiger partial charge in [-0.2, -0.15) is 11.8 Å². The second-order valence-corrected chi connectivity index (χ2v) is 9.74. The largest absolute Gasteiger partial charge is 0.298 e. The van der Waals surface area contributed by atoms with Gasteiger partial charge in [-0.1, -0.05) is 19.3 Å². The lowest BCUT2D eigenvalue weighted by molar-refractivity contribution is -0.119. The molecule has 0 aromatic carbocycles. The quantitative estimate of drug-likeness (QED) is 0.601. The molecule has 0 atom stereocenters. The number of thioether (sulfide) groups is 1. The second-order valence-electron chi connectivity index (χ2n) is 7.32. The van der Waals surface area contributed by atoms with Crippen molar-refractivity contribution < 1.29 is 4.79 Å². The molecule has 0 saturated heterocycles. The highest BCUT2D eigenvalue weighted by atomic mass is 32.2. The van der Waals surface area contributed by atoms with E-state index in [4.69, 9.17) is 0 Å². The molecule has 26 heavy (non-hydrogen) atoms. The third-order valence-electron chi connectivity index (χ3n) is 5.02. The normalized spacial score (nSPS) is 15.6. The van der Waals surface area contributed by atoms with Gasteiger partial charge in [0.05, 0.1) is 11.9 Å². The summed E-state index contributed by atoms with van der Waals surface area (Å²) < 4.78 is 1.57. The summed E-state index contributed by atoms with van der Waals surface area (Å²) in [5, 5.41) is 1.51. The Kier molecular flexibility index (Phi) is 6.92. The lowest BCUT2D eigenvalue weighted by Crippen LogP contribution is -2.19. The zero-order valence-corrected chi connectivity index (χ0v) is 17.4. The maximum absolute atomic E-state index is 12.5. The fourth-order valence-electron chi connectivity index (χ4n) is 3.65. The Hall–Kier alpha value is -1.14. The molecule has 3 rings (SSSR count). The first-order valence-electron chi connectivity index (χ1n) is 9.66. The van der Waals surface area contributed by atoms with E-state index in [0.29, 0.717) is 11.8 Å². The summed E-state index contributed by atoms with van der Waals surface area (Å²) in [7, 11) is 0. The van der Waals surface area contributed by atoms with Gasteiger partial charge in [0, 0.05) is 17.4 Å². The average Bonchev–Trinajstić information content (AvgIpc) is 2.91. The van der Waals surface area contributed by atoms with Crippen molar-refractivity contribution in [3.63, 3.8) is 0 Å². The molecule has 142 valence electrons. The number of carbonyl (C=O) groups excluding carboxylic acids is 1. The summed E-state index contributed by atoms with van der Waals surface area (Å²) in [6, 6.07) is 1.92. The highest BCUT2D eigenvalue weighted by Gasteiger charge is 2.15. The van der Waals surface area contributed by atoms with Crippen LogP contribution in [0.15, 0.2) is 10.9 Å². The molecule has 0 aliphatic heterocycles. The molecule has 1 saturated carbocycles. The number of hydrogen-bond acceptors (Lipinski definition) is 5. The predicted octanol–water partition coefficient (Wildman–Crippen LogP) is 4.88. The fourth-order valence-corrected chi connectivity index (χ4v) is 6.14. The Morgan fingerprint density at radius 1 is 1.27 bits per heavy atom. The van der Waals surface area contributed by atoms with Crippen molar-refractivity contribution in [2.24, 2.45) is 0 Å². The maximum Gasteiger partial charge on any atom is 0.270 e. The van der Waals surface area contributed by atoms with E-state index >= 15 is 0 Å². The van der Waals surface area contributed by atoms with Gasteiger partial charge in [0.25, 0.3) is 5.56 Å². The highest BCUT2D eigenvalue weighted by molar-refractivity contribution is 7.99. The van der Waals surface area contributed by atoms with Gasteiger partial charge in [-0.25, -0.2) is 4.98 Å². The van der Waals surface area contributed by atoms with Crippen LogP contribution in [0, 0.1) is 13.8 Å². The molecule has 1 fully saturated rings. The number of ketones is 1. The molecule has 1 aliphatic carbocycles. The average molecular weight is 393 g/mol. The van der Waals surface area contributed by atoms with Gasteiger partial charge in [0.1, 0.15) is 4.83 Å². The Labute approximate surface area is 163 Å². The number of aromatic nitrogens is 2. The molecule has 1 aliphatic rings. The molecule has 2 aromatic heterocycles. The van der Waals surface area contributed by atoms with Crippen LogP contribution < -0.4 is 5.56 Å². The van der Waals surface area contributed by atoms with Crippen LogP contribution in [0.3, 0.4) is 0 Å². The molecule has 0 amide bonds. The molecule has 0 unspecified atom stereocenters. The number of pyridine rings is 1. The molecule has 0 N–H and O–H groups in total. The zero-order valence-electron chi connectivity index (χ0n) is 15.8. The summed E-state index contributed by atoms with van der Waals surface area (Å²) in [5.41, 5.74) is 1.78. The van der Waals surface area contributed by atoms with Crippen LogP contribution in [0.1, 0.15) is 62.6 Å². The van der Waals surface area contributed by atoms with Gasteiger partial charge in [-0.15, -0.1) is 0 Å². The Morgan fingerprint density at radius 2 is 2.04 bits per heavy atom. The summed E-state index contributed by atoms with van der Waals surface area (Å²) in [6.07, 6.45) is 9.48. The van der Waals surface area contributed by atoms with Crippen molar-refractivity contribution >= 4 is 39.3 Å². The van der Waals surface area contributed by atoms with Gasteiger partial charge in [-0.3, -0.25) is 13.5 Å². The monoisotopic (exact) mass is 392 g/mol. The van der Waals surface area contributed by atoms with E-state index in [1.54, 1.807) is 3.96 Å². The summed E-state index contributed by atoms with van der Waals surface area (Å²) in [4.78, 5) is 30.0. The number of unbranched alkanes of at least 4 members (excludes halogenated alkanes) is 1. The topological polar surface area (TPSA) is 52.0 Å². The van der Waals surface area contributed by atoms with Gasteiger partial charge in [-0.05, 0) is 68.4 Å². The van der Waals surface area contributed by atoms with Gasteiger partial charge >= 0.3 is 0 Å². The van der Waals surface area contributed by atoms with Crippen LogP contribution in [-0.4, -0.2) is 25.7 Å². The maximum atomic E-state index is 12.5. The second kappa shape index (κ2) is 9.18. The number of fused-ring (bicyclic) bond motifs is 1. The molecule has 4 nitrogen and oxygen atoms in total. The van der Waals surface area contributed by atoms with Crippen molar-refractivity contribution in [1.29, 1.82) is 0 Å². The van der Waals surface area contributed by atoms with Crippen molar-refractivity contribution in [1.82, 2.24) is 8.94 Å². The molecule has 6 heteroatoms. The SMILES string of the molecule is Cc1cc(C)c2c(=O)n(CC(=O)CCCCSC3CCCCC3)sc2n1. The minimum absolute atomic E-state index is 0.0730. The Balaban J connectivity index is 1.46. The number of hydrogen-bond donors (Lipinski definition) is 0. The predicted molar refractivity (Wildman–Crippen MR) is 112 cm³/mol. The molecule has 0 spiro atoms. The van der Waals surface area contributed by atoms with Crippen LogP contribution >= 0.6 is 23.3 Å². The molecular formula is C20H28N2O2S2. The number of rotatable bonds is 8. The lowest BCUT2D eigenvalue weighted by atomic mass is 10.0. The lowest BCUT2D eigenvalue weighted by Gasteiger charge is -2.20. The van der Waals surface area contributed by atoms with Crippen LogP contribution in [0.5, 0.6) is 0 Å². The Morgan fingerprint density at radius 3 is 2.81 bits per heavy atom. The molecular weight excluding hydrogens is 364 g/mol. The van der Waals surface area contributed by atoms with Crippen LogP contribution in [0.2, 0.25) is 0 Å². The van der Waals surface area contributed by atoms with Crippen molar-refractivity contribution in [3.8, 4) is 0 Å². The standard InChI is InChI=1S/C20H28N2O2S2/c1-14-12-15(2)21-19-18(14)20(24)22(26-19)13-16(23)8-6-7-11-25-17-9-4-3-5-10-17/h12,17H,3-11,13H2,1-2H3. The zero-order chi connectivity index (χ0) is 18.5. The van der Waals surface area contributed by atoms with E-state index in [2.05, 4.69) is 16.7 Å². The van der Waals surface area contributed by atoms with Crippen LogP contribution in [-0.2, 0) is 11.3 Å². The van der Waals surface area contributed by atoms with Crippen molar-refractivity contribution in [2.75, 3.05) is 5.75 Å². The molecule has 0 bridgehead atoms. The van der Waals surface area contributed by atoms with Crippen molar-refractivity contribution in [3.05, 3.63) is 27.7 Å². The van der Waals surface area contributed by atoms with Gasteiger partial charge < -0.3 is 0 Å². The number of carbonyl (C=O) groups is 1. The molecule has 2 aromatic rings. The first-order valence-corrected chi connectivity index (χ1v) is 11.5. The van der Waals surface area contributed by atoms with Gasteiger partial charge in [0.2, 0.25) is 0 Å². The highest BCUT2D eigenvalue weighted by Crippen LogP contribution is 2.28. The summed E-state index contributed by atoms with van der Waals surface area (Å²) in [5.74, 6) is 1.30. The van der Waals surface area contributed by atoms with E-state index in [1.807, 2.05) is 19.9 Å². The molecule has 0 radical (unpaired) electrons. The third kappa shape index (κ3) is 4.97. The Bertz CT molecular complexity index is 819. The minimum Gasteiger partial charge on any atom is -0.298 e. The van der Waals surface area contributed by atoms with E-state index in [-0.39, 0.29) is 17.9 Å². The van der Waals surface area contributed by atoms with E-state index in [9.17, 15) is 9.59 Å². The van der Waals surface area contributed by atoms with Crippen molar-refractivity contribution in [2.45, 2.75) is 77.0 Å². The minimum atomic E-state index is -0.0730. The molecule has 2 heterocycles. The number of Topliss-reactive ketones (excluding diaryl/α,β-unsaturated/α-hetero) is 1. The van der Waals surface area contributed by atoms with E-state index in [0.717, 1.165) is 39.9 Å². The van der Waals surface area contributed by atoms with E-state index in [1.165, 1.54) is 43.6 Å². The third-order valence-corrected chi connectivity index (χ3v) is 7.48. The number of aryl methyl sites for hydroxylation is 2. The fraction of sp³-hybridized carbons (Fsp3) is 0.650. The first-order chi connectivity index (χ1) is 12.5. The van der Waals surface area contributed by atoms with Gasteiger partial charge in [0.15, 0.2) is 5.78 Å². The first kappa shape index (κ1) is 19.6. The summed E-state index contributed by atoms with van der Waals surface area (Å²) >= 11 is 3.40.